The van der Waals surface area contributed by atoms with Crippen LogP contribution in [0.2, 0.25) is 0 Å². The summed E-state index contributed by atoms with van der Waals surface area (Å²) >= 11 is 0. The van der Waals surface area contributed by atoms with Crippen molar-refractivity contribution in [1.82, 2.24) is 15.1 Å². The average Bonchev–Trinajstić information content (AvgIpc) is 2.75. The minimum absolute atomic E-state index is 0.0413. The Kier molecular flexibility index (Phi) is 5.86. The molecule has 0 spiro atoms. The number of amides is 1. The van der Waals surface area contributed by atoms with Crippen molar-refractivity contribution in [3.05, 3.63) is 11.9 Å². The Morgan fingerprint density at radius 1 is 1.37 bits per heavy atom. The van der Waals surface area contributed by atoms with E-state index in [9.17, 15) is 4.79 Å². The summed E-state index contributed by atoms with van der Waals surface area (Å²) in [6, 6.07) is 0.00592. The Balaban J connectivity index is 2.63. The Labute approximate surface area is 115 Å². The number of nitrogens with zero attached hydrogens (tertiary/aromatic N) is 2. The van der Waals surface area contributed by atoms with Gasteiger partial charge in [-0.25, -0.2) is 0 Å². The van der Waals surface area contributed by atoms with Crippen LogP contribution in [0.3, 0.4) is 0 Å². The first-order valence-electron chi connectivity index (χ1n) is 7.11. The fourth-order valence-electron chi connectivity index (χ4n) is 2.03. The molecule has 1 unspecified atom stereocenters. The number of nitrogens with one attached hydrogen (secondary N) is 2. The number of carbonyl (C=O) groups is 1. The number of hydrogen-bond acceptors (Lipinski definition) is 3. The lowest BCUT2D eigenvalue weighted by molar-refractivity contribution is -0.122. The summed E-state index contributed by atoms with van der Waals surface area (Å²) in [6.45, 7) is 8.11. The largest absolute Gasteiger partial charge is 0.371 e. The van der Waals surface area contributed by atoms with Crippen LogP contribution in [-0.2, 0) is 18.3 Å². The van der Waals surface area contributed by atoms with Crippen molar-refractivity contribution in [3.8, 4) is 0 Å². The molecule has 0 fully saturated rings. The molecule has 0 bridgehead atoms. The summed E-state index contributed by atoms with van der Waals surface area (Å²) in [5.41, 5.74) is 1.93. The predicted octanol–water partition coefficient (Wildman–Crippen LogP) is 2.09. The average molecular weight is 266 g/mol. The van der Waals surface area contributed by atoms with Gasteiger partial charge in [-0.3, -0.25) is 9.48 Å². The molecule has 108 valence electrons. The molecule has 0 aliphatic rings. The van der Waals surface area contributed by atoms with Gasteiger partial charge in [0.05, 0.1) is 11.4 Å². The van der Waals surface area contributed by atoms with Gasteiger partial charge in [-0.1, -0.05) is 20.8 Å². The standard InChI is InChI=1S/C14H26N4O/c1-6-11(7-2)16-14(19)10(4)15-13-9-18(5)17-12(13)8-3/h9-11,15H,6-8H2,1-5H3,(H,16,19). The SMILES string of the molecule is CCc1nn(C)cc1NC(C)C(=O)NC(CC)CC. The normalized spacial score (nSPS) is 12.5. The van der Waals surface area contributed by atoms with Crippen molar-refractivity contribution in [2.75, 3.05) is 5.32 Å². The first-order chi connectivity index (χ1) is 9.01. The van der Waals surface area contributed by atoms with Crippen molar-refractivity contribution >= 4 is 11.6 Å². The number of hydrogen-bond donors (Lipinski definition) is 2. The van der Waals surface area contributed by atoms with E-state index >= 15 is 0 Å². The second-order valence-corrected chi connectivity index (χ2v) is 4.90. The molecule has 0 saturated carbocycles. The first kappa shape index (κ1) is 15.5. The Morgan fingerprint density at radius 2 is 2.00 bits per heavy atom. The molecule has 1 aromatic rings. The first-order valence-corrected chi connectivity index (χ1v) is 7.11. The number of aryl methyl sites for hydroxylation is 2. The van der Waals surface area contributed by atoms with Gasteiger partial charge in [0.25, 0.3) is 0 Å². The molecule has 1 heterocycles. The van der Waals surface area contributed by atoms with E-state index in [1.54, 1.807) is 4.68 Å². The van der Waals surface area contributed by atoms with Crippen LogP contribution in [0.15, 0.2) is 6.20 Å². The number of carbonyl (C=O) groups excluding carboxylic acids is 1. The summed E-state index contributed by atoms with van der Waals surface area (Å²) < 4.78 is 1.77. The van der Waals surface area contributed by atoms with Crippen molar-refractivity contribution in [2.24, 2.45) is 7.05 Å². The van der Waals surface area contributed by atoms with Gasteiger partial charge in [-0.05, 0) is 26.2 Å². The highest BCUT2D eigenvalue weighted by Crippen LogP contribution is 2.15. The fourth-order valence-corrected chi connectivity index (χ4v) is 2.03. The maximum atomic E-state index is 12.1. The van der Waals surface area contributed by atoms with Crippen LogP contribution in [0, 0.1) is 0 Å². The maximum Gasteiger partial charge on any atom is 0.242 e. The Hall–Kier alpha value is -1.52. The molecule has 19 heavy (non-hydrogen) atoms. The third kappa shape index (κ3) is 4.26. The summed E-state index contributed by atoms with van der Waals surface area (Å²) in [5, 5.41) is 10.6. The Morgan fingerprint density at radius 3 is 2.53 bits per heavy atom. The molecule has 0 radical (unpaired) electrons. The second-order valence-electron chi connectivity index (χ2n) is 4.90. The van der Waals surface area contributed by atoms with E-state index in [4.69, 9.17) is 0 Å². The molecular formula is C14H26N4O. The molecule has 0 aromatic carbocycles. The number of anilines is 1. The van der Waals surface area contributed by atoms with Crippen LogP contribution in [0.4, 0.5) is 5.69 Å². The van der Waals surface area contributed by atoms with Crippen LogP contribution in [0.25, 0.3) is 0 Å². The van der Waals surface area contributed by atoms with Gasteiger partial charge in [-0.15, -0.1) is 0 Å². The molecule has 0 saturated heterocycles. The van der Waals surface area contributed by atoms with Gasteiger partial charge in [0.1, 0.15) is 6.04 Å². The van der Waals surface area contributed by atoms with Crippen LogP contribution in [0.5, 0.6) is 0 Å². The molecule has 1 rings (SSSR count). The highest BCUT2D eigenvalue weighted by Gasteiger charge is 2.17. The van der Waals surface area contributed by atoms with E-state index in [1.165, 1.54) is 0 Å². The molecule has 1 aromatic heterocycles. The van der Waals surface area contributed by atoms with Gasteiger partial charge < -0.3 is 10.6 Å². The third-order valence-corrected chi connectivity index (χ3v) is 3.34. The number of aromatic nitrogens is 2. The third-order valence-electron chi connectivity index (χ3n) is 3.34. The van der Waals surface area contributed by atoms with Gasteiger partial charge in [-0.2, -0.15) is 5.10 Å². The molecule has 5 nitrogen and oxygen atoms in total. The monoisotopic (exact) mass is 266 g/mol. The van der Waals surface area contributed by atoms with Gasteiger partial charge in [0, 0.05) is 19.3 Å². The van der Waals surface area contributed by atoms with E-state index < -0.39 is 0 Å². The summed E-state index contributed by atoms with van der Waals surface area (Å²) in [6.07, 6.45) is 4.69. The molecular weight excluding hydrogens is 240 g/mol. The van der Waals surface area contributed by atoms with Crippen LogP contribution in [-0.4, -0.2) is 27.8 Å². The molecule has 0 aliphatic heterocycles. The van der Waals surface area contributed by atoms with Gasteiger partial charge >= 0.3 is 0 Å². The molecule has 5 heteroatoms. The number of rotatable bonds is 7. The van der Waals surface area contributed by atoms with Crippen LogP contribution < -0.4 is 10.6 Å². The quantitative estimate of drug-likeness (QED) is 0.794. The van der Waals surface area contributed by atoms with Gasteiger partial charge in [0.15, 0.2) is 0 Å². The van der Waals surface area contributed by atoms with E-state index in [0.29, 0.717) is 0 Å². The van der Waals surface area contributed by atoms with Crippen molar-refractivity contribution in [2.45, 2.75) is 59.0 Å². The lowest BCUT2D eigenvalue weighted by Gasteiger charge is -2.19. The van der Waals surface area contributed by atoms with E-state index in [2.05, 4.69) is 36.5 Å². The van der Waals surface area contributed by atoms with E-state index in [-0.39, 0.29) is 18.0 Å². The smallest absolute Gasteiger partial charge is 0.242 e. The summed E-state index contributed by atoms with van der Waals surface area (Å²) in [4.78, 5) is 12.1. The second kappa shape index (κ2) is 7.16. The zero-order valence-electron chi connectivity index (χ0n) is 12.7. The van der Waals surface area contributed by atoms with E-state index in [0.717, 1.165) is 30.6 Å². The molecule has 2 N–H and O–H groups in total. The van der Waals surface area contributed by atoms with Gasteiger partial charge in [0.2, 0.25) is 5.91 Å². The minimum Gasteiger partial charge on any atom is -0.371 e. The fraction of sp³-hybridized carbons (Fsp3) is 0.714. The maximum absolute atomic E-state index is 12.1. The zero-order chi connectivity index (χ0) is 14.4. The molecule has 1 atom stereocenters. The van der Waals surface area contributed by atoms with E-state index in [1.807, 2.05) is 20.2 Å². The Bertz CT molecular complexity index is 410. The summed E-state index contributed by atoms with van der Waals surface area (Å²) in [5.74, 6) is 0.0413. The lowest BCUT2D eigenvalue weighted by atomic mass is 10.1. The zero-order valence-corrected chi connectivity index (χ0v) is 12.7. The molecule has 1 amide bonds. The van der Waals surface area contributed by atoms with Crippen molar-refractivity contribution in [1.29, 1.82) is 0 Å². The van der Waals surface area contributed by atoms with Crippen LogP contribution in [0.1, 0.15) is 46.2 Å². The van der Waals surface area contributed by atoms with Crippen molar-refractivity contribution < 1.29 is 4.79 Å². The highest BCUT2D eigenvalue weighted by atomic mass is 16.2. The minimum atomic E-state index is -0.255. The van der Waals surface area contributed by atoms with Crippen molar-refractivity contribution in [3.63, 3.8) is 0 Å². The predicted molar refractivity (Wildman–Crippen MR) is 78.2 cm³/mol. The van der Waals surface area contributed by atoms with Crippen LogP contribution >= 0.6 is 0 Å². The lowest BCUT2D eigenvalue weighted by Crippen LogP contribution is -2.42. The summed E-state index contributed by atoms with van der Waals surface area (Å²) in [7, 11) is 1.89. The topological polar surface area (TPSA) is 59.0 Å². The molecule has 0 aliphatic carbocycles. The highest BCUT2D eigenvalue weighted by molar-refractivity contribution is 5.84.